The Morgan fingerprint density at radius 3 is 2.23 bits per heavy atom. The molecule has 0 aromatic heterocycles. The number of hydrogen-bond acceptors (Lipinski definition) is 5. The Morgan fingerprint density at radius 1 is 0.935 bits per heavy atom. The van der Waals surface area contributed by atoms with Crippen LogP contribution in [0, 0.1) is 5.92 Å². The highest BCUT2D eigenvalue weighted by Gasteiger charge is 2.26. The van der Waals surface area contributed by atoms with Gasteiger partial charge in [-0.2, -0.15) is 0 Å². The number of piperazine rings is 1. The van der Waals surface area contributed by atoms with Gasteiger partial charge < -0.3 is 24.6 Å². The average molecular weight is 432 g/mol. The van der Waals surface area contributed by atoms with E-state index in [-0.39, 0.29) is 24.3 Å². The molecule has 8 nitrogen and oxygen atoms in total. The Labute approximate surface area is 183 Å². The first kappa shape index (κ1) is 22.9. The molecule has 2 fully saturated rings. The van der Waals surface area contributed by atoms with Crippen LogP contribution in [-0.2, 0) is 9.59 Å². The number of nitrogens with zero attached hydrogens (tertiary/aromatic N) is 2. The number of carbonyl (C=O) groups excluding carboxylic acids is 3. The van der Waals surface area contributed by atoms with Crippen molar-refractivity contribution in [3.8, 4) is 11.5 Å². The van der Waals surface area contributed by atoms with Gasteiger partial charge in [-0.15, -0.1) is 0 Å². The van der Waals surface area contributed by atoms with E-state index >= 15 is 0 Å². The van der Waals surface area contributed by atoms with Gasteiger partial charge in [0.1, 0.15) is 0 Å². The molecule has 1 aromatic carbocycles. The summed E-state index contributed by atoms with van der Waals surface area (Å²) in [4.78, 5) is 40.9. The van der Waals surface area contributed by atoms with Crippen LogP contribution >= 0.6 is 0 Å². The van der Waals surface area contributed by atoms with Crippen molar-refractivity contribution in [3.05, 3.63) is 23.8 Å². The molecule has 1 heterocycles. The van der Waals surface area contributed by atoms with Gasteiger partial charge in [0.2, 0.25) is 11.8 Å². The van der Waals surface area contributed by atoms with Crippen LogP contribution in [0.15, 0.2) is 18.2 Å². The molecule has 3 rings (SSSR count). The van der Waals surface area contributed by atoms with E-state index in [0.717, 1.165) is 12.8 Å². The first-order chi connectivity index (χ1) is 15.0. The number of carbonyl (C=O) groups is 3. The van der Waals surface area contributed by atoms with Crippen LogP contribution < -0.4 is 14.8 Å². The fraction of sp³-hybridized carbons (Fsp3) is 0.609. The van der Waals surface area contributed by atoms with Gasteiger partial charge in [0.05, 0.1) is 20.8 Å². The maximum Gasteiger partial charge on any atom is 0.254 e. The molecule has 0 atom stereocenters. The van der Waals surface area contributed by atoms with E-state index in [4.69, 9.17) is 9.47 Å². The minimum atomic E-state index is -0.103. The Bertz CT molecular complexity index is 783. The Morgan fingerprint density at radius 2 is 1.58 bits per heavy atom. The molecular formula is C23H33N3O5. The second-order valence-electron chi connectivity index (χ2n) is 8.23. The lowest BCUT2D eigenvalue weighted by atomic mass is 9.87. The van der Waals surface area contributed by atoms with Crippen molar-refractivity contribution in [2.24, 2.45) is 5.92 Å². The van der Waals surface area contributed by atoms with Gasteiger partial charge in [-0.05, 0) is 37.0 Å². The smallest absolute Gasteiger partial charge is 0.254 e. The Kier molecular flexibility index (Phi) is 8.14. The number of nitrogens with one attached hydrogen (secondary N) is 1. The van der Waals surface area contributed by atoms with Crippen molar-refractivity contribution in [2.75, 3.05) is 46.9 Å². The summed E-state index contributed by atoms with van der Waals surface area (Å²) in [7, 11) is 3.08. The molecule has 1 saturated heterocycles. The summed E-state index contributed by atoms with van der Waals surface area (Å²) in [5.74, 6) is 1.28. The van der Waals surface area contributed by atoms with Crippen molar-refractivity contribution in [1.82, 2.24) is 15.1 Å². The third-order valence-electron chi connectivity index (χ3n) is 6.19. The predicted molar refractivity (Wildman–Crippen MR) is 116 cm³/mol. The fourth-order valence-electron chi connectivity index (χ4n) is 4.32. The molecule has 3 amide bonds. The molecule has 0 unspecified atom stereocenters. The first-order valence-corrected chi connectivity index (χ1v) is 11.1. The normalized spacial score (nSPS) is 17.2. The zero-order valence-electron chi connectivity index (χ0n) is 18.5. The van der Waals surface area contributed by atoms with E-state index in [9.17, 15) is 14.4 Å². The highest BCUT2D eigenvalue weighted by atomic mass is 16.5. The largest absolute Gasteiger partial charge is 0.493 e. The van der Waals surface area contributed by atoms with E-state index < -0.39 is 0 Å². The first-order valence-electron chi connectivity index (χ1n) is 11.1. The van der Waals surface area contributed by atoms with E-state index in [1.165, 1.54) is 26.4 Å². The number of methoxy groups -OCH3 is 2. The zero-order valence-corrected chi connectivity index (χ0v) is 18.5. The molecule has 0 spiro atoms. The van der Waals surface area contributed by atoms with Crippen LogP contribution in [0.3, 0.4) is 0 Å². The number of amides is 3. The maximum atomic E-state index is 12.8. The molecule has 170 valence electrons. The van der Waals surface area contributed by atoms with Crippen molar-refractivity contribution < 1.29 is 23.9 Å². The van der Waals surface area contributed by atoms with Crippen molar-refractivity contribution in [1.29, 1.82) is 0 Å². The average Bonchev–Trinajstić information content (AvgIpc) is 2.82. The molecular weight excluding hydrogens is 398 g/mol. The summed E-state index contributed by atoms with van der Waals surface area (Å²) >= 11 is 0. The van der Waals surface area contributed by atoms with Crippen LogP contribution in [0.5, 0.6) is 11.5 Å². The molecule has 0 radical (unpaired) electrons. The Hall–Kier alpha value is -2.77. The topological polar surface area (TPSA) is 88.2 Å². The quantitative estimate of drug-likeness (QED) is 0.714. The lowest BCUT2D eigenvalue weighted by molar-refractivity contribution is -0.134. The molecule has 8 heteroatoms. The summed E-state index contributed by atoms with van der Waals surface area (Å²) in [5, 5.41) is 2.77. The van der Waals surface area contributed by atoms with Gasteiger partial charge in [-0.25, -0.2) is 0 Å². The van der Waals surface area contributed by atoms with Gasteiger partial charge in [0, 0.05) is 38.2 Å². The predicted octanol–water partition coefficient (Wildman–Crippen LogP) is 2.07. The van der Waals surface area contributed by atoms with E-state index in [1.807, 2.05) is 0 Å². The molecule has 1 saturated carbocycles. The minimum Gasteiger partial charge on any atom is -0.493 e. The fourth-order valence-corrected chi connectivity index (χ4v) is 4.32. The number of hydrogen-bond donors (Lipinski definition) is 1. The van der Waals surface area contributed by atoms with Crippen molar-refractivity contribution >= 4 is 17.7 Å². The third kappa shape index (κ3) is 6.12. The molecule has 1 aliphatic heterocycles. The van der Waals surface area contributed by atoms with Gasteiger partial charge in [-0.3, -0.25) is 14.4 Å². The van der Waals surface area contributed by atoms with Crippen LogP contribution in [0.25, 0.3) is 0 Å². The number of ether oxygens (including phenoxy) is 2. The highest BCUT2D eigenvalue weighted by molar-refractivity contribution is 5.95. The van der Waals surface area contributed by atoms with Crippen LogP contribution in [0.2, 0.25) is 0 Å². The lowest BCUT2D eigenvalue weighted by Gasteiger charge is -2.35. The van der Waals surface area contributed by atoms with Gasteiger partial charge in [0.15, 0.2) is 11.5 Å². The van der Waals surface area contributed by atoms with Gasteiger partial charge >= 0.3 is 0 Å². The zero-order chi connectivity index (χ0) is 22.2. The number of benzene rings is 1. The number of rotatable bonds is 7. The van der Waals surface area contributed by atoms with Gasteiger partial charge in [0.25, 0.3) is 5.91 Å². The molecule has 31 heavy (non-hydrogen) atoms. The molecule has 1 aliphatic carbocycles. The molecule has 2 aliphatic rings. The van der Waals surface area contributed by atoms with Gasteiger partial charge in [-0.1, -0.05) is 19.3 Å². The van der Waals surface area contributed by atoms with E-state index in [2.05, 4.69) is 5.32 Å². The standard InChI is InChI=1S/C23H33N3O5/c1-30-19-9-8-18(15-20(19)31-2)23(29)26-12-10-25(11-13-26)22(28)16-24-21(27)14-17-6-4-3-5-7-17/h8-9,15,17H,3-7,10-14,16H2,1-2H3,(H,24,27). The Balaban J connectivity index is 1.43. The van der Waals surface area contributed by atoms with E-state index in [0.29, 0.717) is 55.6 Å². The maximum absolute atomic E-state index is 12.8. The van der Waals surface area contributed by atoms with Crippen LogP contribution in [0.1, 0.15) is 48.9 Å². The van der Waals surface area contributed by atoms with Crippen molar-refractivity contribution in [2.45, 2.75) is 38.5 Å². The van der Waals surface area contributed by atoms with Crippen molar-refractivity contribution in [3.63, 3.8) is 0 Å². The highest BCUT2D eigenvalue weighted by Crippen LogP contribution is 2.28. The summed E-state index contributed by atoms with van der Waals surface area (Å²) in [6.45, 7) is 1.84. The monoisotopic (exact) mass is 431 g/mol. The summed E-state index contributed by atoms with van der Waals surface area (Å²) in [5.41, 5.74) is 0.521. The second-order valence-corrected chi connectivity index (χ2v) is 8.23. The minimum absolute atomic E-state index is 0.0230. The third-order valence-corrected chi connectivity index (χ3v) is 6.19. The van der Waals surface area contributed by atoms with E-state index in [1.54, 1.807) is 35.1 Å². The van der Waals surface area contributed by atoms with Crippen LogP contribution in [0.4, 0.5) is 0 Å². The SMILES string of the molecule is COc1ccc(C(=O)N2CCN(C(=O)CNC(=O)CC3CCCCC3)CC2)cc1OC. The molecule has 0 bridgehead atoms. The summed E-state index contributed by atoms with van der Waals surface area (Å²) < 4.78 is 10.5. The molecule has 1 aromatic rings. The summed E-state index contributed by atoms with van der Waals surface area (Å²) in [6, 6.07) is 5.09. The van der Waals surface area contributed by atoms with Crippen LogP contribution in [-0.4, -0.2) is 74.5 Å². The molecule has 1 N–H and O–H groups in total. The second kappa shape index (κ2) is 11.0. The lowest BCUT2D eigenvalue weighted by Crippen LogP contribution is -2.52. The summed E-state index contributed by atoms with van der Waals surface area (Å²) in [6.07, 6.45) is 6.39.